The maximum atomic E-state index is 15.2. The molecule has 3 atom stereocenters. The molecule has 168 valence electrons. The molecular weight excluding hydrogens is 397 g/mol. The van der Waals surface area contributed by atoms with Gasteiger partial charge in [0.05, 0.1) is 23.3 Å². The van der Waals surface area contributed by atoms with Crippen LogP contribution in [0.1, 0.15) is 77.7 Å². The Labute approximate surface area is 182 Å². The van der Waals surface area contributed by atoms with E-state index >= 15 is 4.39 Å². The second-order valence-corrected chi connectivity index (χ2v) is 10.8. The number of H-pyrrole nitrogens is 1. The number of ether oxygens (including phenoxy) is 1. The third kappa shape index (κ3) is 3.41. The molecule has 2 N–H and O–H groups in total. The maximum absolute atomic E-state index is 15.2. The van der Waals surface area contributed by atoms with Gasteiger partial charge in [-0.1, -0.05) is 13.8 Å². The van der Waals surface area contributed by atoms with Crippen LogP contribution in [0, 0.1) is 11.2 Å². The molecule has 4 bridgehead atoms. The molecule has 2 aromatic heterocycles. The van der Waals surface area contributed by atoms with Crippen molar-refractivity contribution >= 4 is 16.9 Å². The van der Waals surface area contributed by atoms with Gasteiger partial charge in [0.2, 0.25) is 5.91 Å². The zero-order valence-corrected chi connectivity index (χ0v) is 18.7. The summed E-state index contributed by atoms with van der Waals surface area (Å²) in [5.74, 6) is -0.360. The molecular formula is C24H32FN3O3. The zero-order chi connectivity index (χ0) is 22.1. The second kappa shape index (κ2) is 6.92. The van der Waals surface area contributed by atoms with Gasteiger partial charge in [-0.15, -0.1) is 0 Å². The summed E-state index contributed by atoms with van der Waals surface area (Å²) < 4.78 is 20.8. The van der Waals surface area contributed by atoms with Crippen molar-refractivity contribution in [2.45, 2.75) is 95.9 Å². The minimum Gasteiger partial charge on any atom is -0.486 e. The summed E-state index contributed by atoms with van der Waals surface area (Å²) >= 11 is 0. The Bertz CT molecular complexity index is 996. The molecule has 6 nitrogen and oxygen atoms in total. The van der Waals surface area contributed by atoms with Crippen LogP contribution in [-0.2, 0) is 4.79 Å². The van der Waals surface area contributed by atoms with E-state index in [2.05, 4.69) is 16.9 Å². The third-order valence-corrected chi connectivity index (χ3v) is 7.53. The fourth-order valence-corrected chi connectivity index (χ4v) is 6.77. The van der Waals surface area contributed by atoms with Gasteiger partial charge < -0.3 is 19.7 Å². The molecule has 2 aromatic rings. The van der Waals surface area contributed by atoms with Crippen LogP contribution in [0.4, 0.5) is 4.39 Å². The highest BCUT2D eigenvalue weighted by atomic mass is 19.1. The second-order valence-electron chi connectivity index (χ2n) is 10.8. The molecule has 4 aliphatic rings. The van der Waals surface area contributed by atoms with Gasteiger partial charge in [-0.05, 0) is 62.8 Å². The first-order valence-corrected chi connectivity index (χ1v) is 11.4. The molecule has 31 heavy (non-hydrogen) atoms. The number of piperidine rings is 2. The number of rotatable bonds is 5. The summed E-state index contributed by atoms with van der Waals surface area (Å²) in [5.41, 5.74) is 0.745. The fourth-order valence-electron chi connectivity index (χ4n) is 6.77. The van der Waals surface area contributed by atoms with E-state index in [1.807, 2.05) is 25.7 Å². The van der Waals surface area contributed by atoms with Crippen LogP contribution in [0.5, 0.6) is 5.75 Å². The van der Waals surface area contributed by atoms with Crippen molar-refractivity contribution in [3.05, 3.63) is 23.8 Å². The normalized spacial score (nSPS) is 32.8. The summed E-state index contributed by atoms with van der Waals surface area (Å²) in [7, 11) is 0. The minimum atomic E-state index is -0.610. The molecule has 2 aliphatic carbocycles. The Morgan fingerprint density at radius 1 is 1.32 bits per heavy atom. The number of nitrogens with zero attached hydrogens (tertiary/aromatic N) is 2. The van der Waals surface area contributed by atoms with Crippen LogP contribution in [-0.4, -0.2) is 49.7 Å². The molecule has 6 rings (SSSR count). The molecule has 4 fully saturated rings. The lowest BCUT2D eigenvalue weighted by Gasteiger charge is -2.63. The molecule has 2 saturated carbocycles. The lowest BCUT2D eigenvalue weighted by Crippen LogP contribution is -2.68. The maximum Gasteiger partial charge on any atom is 0.223 e. The summed E-state index contributed by atoms with van der Waals surface area (Å²) in [5, 5.41) is 11.3. The van der Waals surface area contributed by atoms with Crippen LogP contribution in [0.3, 0.4) is 0 Å². The average Bonchev–Trinajstić information content (AvgIpc) is 3.06. The fraction of sp³-hybridized carbons (Fsp3) is 0.667. The number of carbonyl (C=O) groups excluding carboxylic acids is 1. The van der Waals surface area contributed by atoms with Crippen molar-refractivity contribution in [3.63, 3.8) is 0 Å². The lowest BCUT2D eigenvalue weighted by molar-refractivity contribution is -0.193. The molecule has 0 aromatic carbocycles. The predicted molar refractivity (Wildman–Crippen MR) is 115 cm³/mol. The molecule has 2 aliphatic heterocycles. The Morgan fingerprint density at radius 3 is 2.61 bits per heavy atom. The monoisotopic (exact) mass is 429 g/mol. The lowest BCUT2D eigenvalue weighted by atomic mass is 9.54. The van der Waals surface area contributed by atoms with Gasteiger partial charge in [0.15, 0.2) is 11.6 Å². The van der Waals surface area contributed by atoms with Crippen molar-refractivity contribution in [1.29, 1.82) is 0 Å². The number of aromatic nitrogens is 2. The van der Waals surface area contributed by atoms with E-state index in [0.29, 0.717) is 30.3 Å². The van der Waals surface area contributed by atoms with Gasteiger partial charge >= 0.3 is 0 Å². The number of aliphatic hydroxyl groups is 1. The van der Waals surface area contributed by atoms with Crippen molar-refractivity contribution in [2.75, 3.05) is 0 Å². The number of hydrogen-bond acceptors (Lipinski definition) is 4. The molecule has 1 amide bonds. The smallest absolute Gasteiger partial charge is 0.223 e. The first-order valence-electron chi connectivity index (χ1n) is 11.4. The number of aromatic amines is 1. The molecule has 0 spiro atoms. The Morgan fingerprint density at radius 2 is 2.00 bits per heavy atom. The van der Waals surface area contributed by atoms with Gasteiger partial charge in [-0.3, -0.25) is 4.79 Å². The van der Waals surface area contributed by atoms with Crippen molar-refractivity contribution in [3.8, 4) is 5.75 Å². The number of carbonyl (C=O) groups is 1. The van der Waals surface area contributed by atoms with Gasteiger partial charge in [0, 0.05) is 24.7 Å². The van der Waals surface area contributed by atoms with Crippen molar-refractivity contribution < 1.29 is 19.0 Å². The van der Waals surface area contributed by atoms with E-state index in [0.717, 1.165) is 24.8 Å². The summed E-state index contributed by atoms with van der Waals surface area (Å²) in [6.45, 7) is 7.90. The largest absolute Gasteiger partial charge is 0.486 e. The van der Waals surface area contributed by atoms with Gasteiger partial charge in [-0.2, -0.15) is 0 Å². The molecule has 0 radical (unpaired) electrons. The van der Waals surface area contributed by atoms with Gasteiger partial charge in [-0.25, -0.2) is 9.37 Å². The SMILES string of the molecule is CC(C)Oc1cnc2[nH]cc(C(C)CC(=O)N3C4CC5(C)CC3CC(O)(C4)C5)c2c1F. The summed E-state index contributed by atoms with van der Waals surface area (Å²) in [6.07, 6.45) is 7.46. The van der Waals surface area contributed by atoms with E-state index in [-0.39, 0.29) is 41.2 Å². The molecule has 3 unspecified atom stereocenters. The highest BCUT2D eigenvalue weighted by Gasteiger charge is 2.59. The standard InChI is InChI=1S/C24H32FN3O3/c1-13(2)31-18-11-27-22-20(21(18)25)17(10-26-22)14(3)5-19(29)28-15-6-23(4)7-16(28)9-24(30,8-15)12-23/h10-11,13-16,30H,5-9,12H2,1-4H3,(H,26,27). The number of fused-ring (bicyclic) bond motifs is 1. The highest BCUT2D eigenvalue weighted by molar-refractivity contribution is 5.84. The minimum absolute atomic E-state index is 0.103. The Balaban J connectivity index is 1.38. The molecule has 4 heterocycles. The third-order valence-electron chi connectivity index (χ3n) is 7.53. The van der Waals surface area contributed by atoms with Gasteiger partial charge in [0.1, 0.15) is 5.65 Å². The first-order chi connectivity index (χ1) is 14.6. The Hall–Kier alpha value is -2.15. The van der Waals surface area contributed by atoms with E-state index in [1.54, 1.807) is 6.20 Å². The van der Waals surface area contributed by atoms with Crippen LogP contribution in [0.25, 0.3) is 11.0 Å². The van der Waals surface area contributed by atoms with Crippen molar-refractivity contribution in [2.24, 2.45) is 5.41 Å². The number of halogens is 1. The quantitative estimate of drug-likeness (QED) is 0.744. The number of amides is 1. The van der Waals surface area contributed by atoms with E-state index in [4.69, 9.17) is 4.74 Å². The number of nitrogens with one attached hydrogen (secondary N) is 1. The van der Waals surface area contributed by atoms with E-state index < -0.39 is 11.4 Å². The molecule has 7 heteroatoms. The molecule has 2 saturated heterocycles. The summed E-state index contributed by atoms with van der Waals surface area (Å²) in [6, 6.07) is 0.228. The van der Waals surface area contributed by atoms with Crippen LogP contribution in [0.2, 0.25) is 0 Å². The summed E-state index contributed by atoms with van der Waals surface area (Å²) in [4.78, 5) is 22.8. The number of pyridine rings is 1. The van der Waals surface area contributed by atoms with Gasteiger partial charge in [0.25, 0.3) is 0 Å². The van der Waals surface area contributed by atoms with Crippen LogP contribution < -0.4 is 4.74 Å². The Kier molecular flexibility index (Phi) is 4.63. The van der Waals surface area contributed by atoms with E-state index in [1.165, 1.54) is 6.20 Å². The number of hydrogen-bond donors (Lipinski definition) is 2. The van der Waals surface area contributed by atoms with Crippen LogP contribution in [0.15, 0.2) is 12.4 Å². The van der Waals surface area contributed by atoms with Crippen LogP contribution >= 0.6 is 0 Å². The zero-order valence-electron chi connectivity index (χ0n) is 18.7. The topological polar surface area (TPSA) is 78.5 Å². The van der Waals surface area contributed by atoms with Crippen molar-refractivity contribution in [1.82, 2.24) is 14.9 Å². The average molecular weight is 430 g/mol. The first kappa shape index (κ1) is 20.7. The predicted octanol–water partition coefficient (Wildman–Crippen LogP) is 4.28. The van der Waals surface area contributed by atoms with E-state index in [9.17, 15) is 9.90 Å². The highest BCUT2D eigenvalue weighted by Crippen LogP contribution is 2.57.